The number of rotatable bonds is 3. The smallest absolute Gasteiger partial charge is 0.356 e. The molecule has 0 unspecified atom stereocenters. The molecule has 20 heavy (non-hydrogen) atoms. The summed E-state index contributed by atoms with van der Waals surface area (Å²) in [4.78, 5) is 19.8. The van der Waals surface area contributed by atoms with Crippen LogP contribution in [0.25, 0.3) is 17.2 Å². The summed E-state index contributed by atoms with van der Waals surface area (Å²) in [5.74, 6) is -0.00761. The lowest BCUT2D eigenvalue weighted by atomic mass is 10.3. The maximum atomic E-state index is 11.4. The normalized spacial score (nSPS) is 10.4. The van der Waals surface area contributed by atoms with E-state index in [4.69, 9.17) is 0 Å². The van der Waals surface area contributed by atoms with E-state index in [0.717, 1.165) is 5.69 Å². The van der Waals surface area contributed by atoms with E-state index in [1.54, 1.807) is 6.20 Å². The van der Waals surface area contributed by atoms with Gasteiger partial charge < -0.3 is 9.72 Å². The molecule has 2 heterocycles. The molecule has 0 bridgehead atoms. The molecule has 3 rings (SSSR count). The van der Waals surface area contributed by atoms with Gasteiger partial charge in [-0.1, -0.05) is 18.2 Å². The molecule has 0 atom stereocenters. The van der Waals surface area contributed by atoms with Gasteiger partial charge in [0.15, 0.2) is 5.82 Å². The van der Waals surface area contributed by atoms with Gasteiger partial charge in [-0.05, 0) is 12.1 Å². The summed E-state index contributed by atoms with van der Waals surface area (Å²) in [6.45, 7) is 0. The summed E-state index contributed by atoms with van der Waals surface area (Å²) < 4.78 is 4.61. The lowest BCUT2D eigenvalue weighted by Gasteiger charge is -1.96. The van der Waals surface area contributed by atoms with E-state index in [-0.39, 0.29) is 5.69 Å². The van der Waals surface area contributed by atoms with Crippen LogP contribution in [0.15, 0.2) is 42.7 Å². The van der Waals surface area contributed by atoms with Crippen molar-refractivity contribution >= 4 is 5.97 Å². The number of nitrogens with zero attached hydrogens (tertiary/aromatic N) is 4. The maximum absolute atomic E-state index is 11.4. The highest BCUT2D eigenvalue weighted by Gasteiger charge is 2.13. The summed E-state index contributed by atoms with van der Waals surface area (Å²) in [6, 6.07) is 9.52. The maximum Gasteiger partial charge on any atom is 0.356 e. The predicted octanol–water partition coefficient (Wildman–Crippen LogP) is 1.44. The SMILES string of the molecule is COC(=O)c1cnc(-c2cnn(-c3ccccc3)n2)[nH]1. The molecule has 0 saturated carbocycles. The molecule has 100 valence electrons. The van der Waals surface area contributed by atoms with Crippen molar-refractivity contribution in [2.24, 2.45) is 0 Å². The van der Waals surface area contributed by atoms with Crippen LogP contribution < -0.4 is 0 Å². The first kappa shape index (κ1) is 12.1. The zero-order valence-electron chi connectivity index (χ0n) is 10.6. The number of esters is 1. The van der Waals surface area contributed by atoms with Gasteiger partial charge in [0.2, 0.25) is 0 Å². The molecular formula is C13H11N5O2. The van der Waals surface area contributed by atoms with Crippen LogP contribution in [0.4, 0.5) is 0 Å². The third kappa shape index (κ3) is 2.16. The van der Waals surface area contributed by atoms with Crippen molar-refractivity contribution in [2.45, 2.75) is 0 Å². The Bertz CT molecular complexity index is 732. The van der Waals surface area contributed by atoms with Crippen molar-refractivity contribution in [2.75, 3.05) is 7.11 Å². The largest absolute Gasteiger partial charge is 0.464 e. The molecule has 1 N–H and O–H groups in total. The van der Waals surface area contributed by atoms with Gasteiger partial charge in [-0.15, -0.1) is 5.10 Å². The van der Waals surface area contributed by atoms with Gasteiger partial charge in [-0.25, -0.2) is 9.78 Å². The predicted molar refractivity (Wildman–Crippen MR) is 70.3 cm³/mol. The molecule has 0 aliphatic carbocycles. The van der Waals surface area contributed by atoms with Gasteiger partial charge in [0.1, 0.15) is 11.4 Å². The fourth-order valence-corrected chi connectivity index (χ4v) is 1.72. The molecule has 0 radical (unpaired) electrons. The van der Waals surface area contributed by atoms with E-state index in [1.165, 1.54) is 18.1 Å². The minimum Gasteiger partial charge on any atom is -0.464 e. The second-order valence-corrected chi connectivity index (χ2v) is 3.99. The van der Waals surface area contributed by atoms with Crippen LogP contribution in [0.5, 0.6) is 0 Å². The highest BCUT2D eigenvalue weighted by molar-refractivity contribution is 5.87. The van der Waals surface area contributed by atoms with E-state index >= 15 is 0 Å². The van der Waals surface area contributed by atoms with Gasteiger partial charge in [0.25, 0.3) is 0 Å². The number of hydrogen-bond acceptors (Lipinski definition) is 5. The minimum atomic E-state index is -0.473. The summed E-state index contributed by atoms with van der Waals surface area (Å²) in [5.41, 5.74) is 1.67. The van der Waals surface area contributed by atoms with E-state index in [2.05, 4.69) is 24.9 Å². The molecule has 1 aromatic carbocycles. The average Bonchev–Trinajstić information content (AvgIpc) is 3.16. The molecule has 0 aliphatic rings. The van der Waals surface area contributed by atoms with Crippen molar-refractivity contribution in [3.63, 3.8) is 0 Å². The van der Waals surface area contributed by atoms with Crippen molar-refractivity contribution < 1.29 is 9.53 Å². The Morgan fingerprint density at radius 3 is 2.80 bits per heavy atom. The Labute approximate surface area is 114 Å². The van der Waals surface area contributed by atoms with Crippen molar-refractivity contribution in [3.8, 4) is 17.2 Å². The molecular weight excluding hydrogens is 258 g/mol. The number of ether oxygens (including phenoxy) is 1. The van der Waals surface area contributed by atoms with E-state index in [9.17, 15) is 4.79 Å². The number of hydrogen-bond donors (Lipinski definition) is 1. The number of methoxy groups -OCH3 is 1. The average molecular weight is 269 g/mol. The number of imidazole rings is 1. The molecule has 0 saturated heterocycles. The fraction of sp³-hybridized carbons (Fsp3) is 0.0769. The Morgan fingerprint density at radius 1 is 1.25 bits per heavy atom. The van der Waals surface area contributed by atoms with Gasteiger partial charge in [-0.2, -0.15) is 9.90 Å². The standard InChI is InChI=1S/C13H11N5O2/c1-20-13(19)11-7-14-12(16-11)10-8-15-18(17-10)9-5-3-2-4-6-9/h2-8H,1H3,(H,14,16). The van der Waals surface area contributed by atoms with Crippen LogP contribution in [0.3, 0.4) is 0 Å². The van der Waals surface area contributed by atoms with Crippen LogP contribution in [0.1, 0.15) is 10.5 Å². The molecule has 2 aromatic heterocycles. The third-order valence-corrected chi connectivity index (χ3v) is 2.70. The number of para-hydroxylation sites is 1. The van der Waals surface area contributed by atoms with E-state index in [1.807, 2.05) is 30.3 Å². The third-order valence-electron chi connectivity index (χ3n) is 2.70. The topological polar surface area (TPSA) is 85.7 Å². The minimum absolute atomic E-state index is 0.275. The molecule has 0 fully saturated rings. The number of aromatic amines is 1. The van der Waals surface area contributed by atoms with Crippen LogP contribution in [0, 0.1) is 0 Å². The first-order chi connectivity index (χ1) is 9.78. The summed E-state index contributed by atoms with van der Waals surface area (Å²) in [5, 5.41) is 8.48. The molecule has 0 amide bonds. The van der Waals surface area contributed by atoms with Crippen LogP contribution >= 0.6 is 0 Å². The zero-order chi connectivity index (χ0) is 13.9. The van der Waals surface area contributed by atoms with Crippen molar-refractivity contribution in [1.29, 1.82) is 0 Å². The second kappa shape index (κ2) is 4.96. The highest BCUT2D eigenvalue weighted by atomic mass is 16.5. The number of nitrogens with one attached hydrogen (secondary N) is 1. The second-order valence-electron chi connectivity index (χ2n) is 3.99. The van der Waals surface area contributed by atoms with Crippen molar-refractivity contribution in [3.05, 3.63) is 48.4 Å². The van der Waals surface area contributed by atoms with Gasteiger partial charge in [0.05, 0.1) is 25.2 Å². The summed E-state index contributed by atoms with van der Waals surface area (Å²) >= 11 is 0. The Morgan fingerprint density at radius 2 is 2.05 bits per heavy atom. The first-order valence-electron chi connectivity index (χ1n) is 5.89. The number of aromatic nitrogens is 5. The Kier molecular flexibility index (Phi) is 3.00. The van der Waals surface area contributed by atoms with E-state index < -0.39 is 5.97 Å². The zero-order valence-corrected chi connectivity index (χ0v) is 10.6. The Hall–Kier alpha value is -2.96. The van der Waals surface area contributed by atoms with Gasteiger partial charge in [-0.3, -0.25) is 0 Å². The number of carbonyl (C=O) groups excluding carboxylic acids is 1. The fourth-order valence-electron chi connectivity index (χ4n) is 1.72. The highest BCUT2D eigenvalue weighted by Crippen LogP contribution is 2.13. The van der Waals surface area contributed by atoms with Crippen LogP contribution in [-0.2, 0) is 4.74 Å². The van der Waals surface area contributed by atoms with E-state index in [0.29, 0.717) is 11.5 Å². The lowest BCUT2D eigenvalue weighted by Crippen LogP contribution is -2.01. The summed E-state index contributed by atoms with van der Waals surface area (Å²) in [7, 11) is 1.31. The first-order valence-corrected chi connectivity index (χ1v) is 5.89. The molecule has 7 nitrogen and oxygen atoms in total. The molecule has 0 aliphatic heterocycles. The summed E-state index contributed by atoms with van der Waals surface area (Å²) in [6.07, 6.45) is 2.98. The number of H-pyrrole nitrogens is 1. The number of benzene rings is 1. The van der Waals surface area contributed by atoms with Crippen LogP contribution in [-0.4, -0.2) is 38.0 Å². The quantitative estimate of drug-likeness (QED) is 0.727. The lowest BCUT2D eigenvalue weighted by molar-refractivity contribution is 0.0595. The van der Waals surface area contributed by atoms with Crippen LogP contribution in [0.2, 0.25) is 0 Å². The molecule has 7 heteroatoms. The van der Waals surface area contributed by atoms with Gasteiger partial charge in [0, 0.05) is 0 Å². The monoisotopic (exact) mass is 269 g/mol. The van der Waals surface area contributed by atoms with Gasteiger partial charge >= 0.3 is 5.97 Å². The number of carbonyl (C=O) groups is 1. The molecule has 0 spiro atoms. The Balaban J connectivity index is 1.91. The van der Waals surface area contributed by atoms with Crippen molar-refractivity contribution in [1.82, 2.24) is 25.0 Å². The molecule has 3 aromatic rings.